The first kappa shape index (κ1) is 18.9. The zero-order valence-corrected chi connectivity index (χ0v) is 16.8. The predicted molar refractivity (Wildman–Crippen MR) is 113 cm³/mol. The average Bonchev–Trinajstić information content (AvgIpc) is 3.36. The van der Waals surface area contributed by atoms with Crippen LogP contribution >= 0.6 is 0 Å². The number of hydrogen-bond acceptors (Lipinski definition) is 4. The van der Waals surface area contributed by atoms with Crippen LogP contribution in [0.4, 0.5) is 0 Å². The van der Waals surface area contributed by atoms with Crippen molar-refractivity contribution in [1.82, 2.24) is 4.90 Å². The van der Waals surface area contributed by atoms with Crippen LogP contribution in [0, 0.1) is 0 Å². The van der Waals surface area contributed by atoms with Gasteiger partial charge in [0.25, 0.3) is 11.7 Å². The van der Waals surface area contributed by atoms with E-state index >= 15 is 0 Å². The Bertz CT molecular complexity index is 1020. The molecule has 0 radical (unpaired) electrons. The summed E-state index contributed by atoms with van der Waals surface area (Å²) >= 11 is 0. The number of carbonyl (C=O) groups excluding carboxylic acids is 2. The zero-order valence-electron chi connectivity index (χ0n) is 16.8. The average molecular weight is 403 g/mol. The number of aliphatic hydroxyl groups is 1. The minimum absolute atomic E-state index is 0.0270. The Labute approximate surface area is 176 Å². The second-order valence-corrected chi connectivity index (χ2v) is 8.33. The minimum Gasteiger partial charge on any atom is -0.507 e. The second kappa shape index (κ2) is 7.63. The molecule has 1 unspecified atom stereocenters. The fourth-order valence-electron chi connectivity index (χ4n) is 5.04. The molecule has 3 aliphatic rings. The molecule has 5 nitrogen and oxygen atoms in total. The predicted octanol–water partition coefficient (Wildman–Crippen LogP) is 4.38. The molecule has 5 rings (SSSR count). The SMILES string of the molecule is O=C1C(=O)N(C2CCCCC2)C(c2ccccc2)/C1=C(/O)c1ccc2c(c1)CCO2. The molecule has 1 saturated heterocycles. The van der Waals surface area contributed by atoms with E-state index in [1.807, 2.05) is 42.5 Å². The molecule has 1 atom stereocenters. The van der Waals surface area contributed by atoms with Gasteiger partial charge in [0, 0.05) is 18.0 Å². The third kappa shape index (κ3) is 3.09. The number of carbonyl (C=O) groups is 2. The Hall–Kier alpha value is -3.08. The van der Waals surface area contributed by atoms with Gasteiger partial charge >= 0.3 is 0 Å². The smallest absolute Gasteiger partial charge is 0.295 e. The molecule has 0 aromatic heterocycles. The maximum Gasteiger partial charge on any atom is 0.295 e. The van der Waals surface area contributed by atoms with Gasteiger partial charge in [-0.1, -0.05) is 49.6 Å². The second-order valence-electron chi connectivity index (χ2n) is 8.33. The van der Waals surface area contributed by atoms with E-state index < -0.39 is 17.7 Å². The Kier molecular flexibility index (Phi) is 4.81. The van der Waals surface area contributed by atoms with Crippen LogP contribution in [0.5, 0.6) is 5.75 Å². The van der Waals surface area contributed by atoms with Crippen LogP contribution in [-0.2, 0) is 16.0 Å². The quantitative estimate of drug-likeness (QED) is 0.469. The number of aliphatic hydroxyl groups excluding tert-OH is 1. The Morgan fingerprint density at radius 1 is 1.00 bits per heavy atom. The molecule has 2 aromatic carbocycles. The number of ketones is 1. The number of amides is 1. The fraction of sp³-hybridized carbons (Fsp3) is 0.360. The number of nitrogens with zero attached hydrogens (tertiary/aromatic N) is 1. The van der Waals surface area contributed by atoms with Crippen molar-refractivity contribution in [3.05, 3.63) is 70.8 Å². The highest BCUT2D eigenvalue weighted by Gasteiger charge is 2.48. The van der Waals surface area contributed by atoms with Gasteiger partial charge < -0.3 is 14.7 Å². The molecule has 154 valence electrons. The highest BCUT2D eigenvalue weighted by Crippen LogP contribution is 2.43. The highest BCUT2D eigenvalue weighted by molar-refractivity contribution is 6.46. The van der Waals surface area contributed by atoms with Crippen molar-refractivity contribution in [3.8, 4) is 5.75 Å². The van der Waals surface area contributed by atoms with Crippen molar-refractivity contribution in [3.63, 3.8) is 0 Å². The van der Waals surface area contributed by atoms with Gasteiger partial charge in [-0.2, -0.15) is 0 Å². The van der Waals surface area contributed by atoms with Crippen LogP contribution in [0.3, 0.4) is 0 Å². The van der Waals surface area contributed by atoms with Gasteiger partial charge in [0.05, 0.1) is 18.2 Å². The van der Waals surface area contributed by atoms with Crippen molar-refractivity contribution < 1.29 is 19.4 Å². The van der Waals surface area contributed by atoms with Gasteiger partial charge in [-0.15, -0.1) is 0 Å². The number of ether oxygens (including phenoxy) is 1. The van der Waals surface area contributed by atoms with Crippen LogP contribution in [0.1, 0.15) is 54.8 Å². The van der Waals surface area contributed by atoms with E-state index in [0.717, 1.165) is 55.4 Å². The van der Waals surface area contributed by atoms with Crippen LogP contribution in [-0.4, -0.2) is 34.3 Å². The van der Waals surface area contributed by atoms with E-state index in [-0.39, 0.29) is 17.4 Å². The lowest BCUT2D eigenvalue weighted by molar-refractivity contribution is -0.141. The largest absolute Gasteiger partial charge is 0.507 e. The molecule has 2 aliphatic heterocycles. The van der Waals surface area contributed by atoms with Gasteiger partial charge in [-0.05, 0) is 42.2 Å². The number of fused-ring (bicyclic) bond motifs is 1. The van der Waals surface area contributed by atoms with E-state index in [0.29, 0.717) is 12.2 Å². The Balaban J connectivity index is 1.64. The summed E-state index contributed by atoms with van der Waals surface area (Å²) < 4.78 is 5.56. The summed E-state index contributed by atoms with van der Waals surface area (Å²) in [5.41, 5.74) is 2.61. The van der Waals surface area contributed by atoms with E-state index in [1.54, 1.807) is 11.0 Å². The van der Waals surface area contributed by atoms with Gasteiger partial charge in [-0.25, -0.2) is 0 Å². The van der Waals surface area contributed by atoms with Crippen molar-refractivity contribution in [2.75, 3.05) is 6.61 Å². The van der Waals surface area contributed by atoms with Crippen molar-refractivity contribution >= 4 is 17.4 Å². The molecule has 2 aromatic rings. The van der Waals surface area contributed by atoms with Gasteiger partial charge in [0.1, 0.15) is 11.5 Å². The summed E-state index contributed by atoms with van der Waals surface area (Å²) in [4.78, 5) is 28.0. The molecular weight excluding hydrogens is 378 g/mol. The van der Waals surface area contributed by atoms with E-state index in [1.165, 1.54) is 0 Å². The molecule has 0 bridgehead atoms. The van der Waals surface area contributed by atoms with Crippen LogP contribution in [0.25, 0.3) is 5.76 Å². The maximum absolute atomic E-state index is 13.2. The third-order valence-electron chi connectivity index (χ3n) is 6.53. The number of Topliss-reactive ketones (excluding diaryl/α,β-unsaturated/α-hetero) is 1. The standard InChI is InChI=1S/C25H25NO4/c27-23(18-11-12-20-17(15-18)13-14-30-20)21-22(16-7-3-1-4-8-16)26(25(29)24(21)28)19-9-5-2-6-10-19/h1,3-4,7-8,11-12,15,19,22,27H,2,5-6,9-10,13-14H2/b23-21-. The molecule has 30 heavy (non-hydrogen) atoms. The summed E-state index contributed by atoms with van der Waals surface area (Å²) in [6.45, 7) is 0.621. The van der Waals surface area contributed by atoms with Crippen molar-refractivity contribution in [1.29, 1.82) is 0 Å². The number of hydrogen-bond donors (Lipinski definition) is 1. The van der Waals surface area contributed by atoms with E-state index in [9.17, 15) is 14.7 Å². The Morgan fingerprint density at radius 2 is 1.77 bits per heavy atom. The maximum atomic E-state index is 13.2. The lowest BCUT2D eigenvalue weighted by Gasteiger charge is -2.35. The van der Waals surface area contributed by atoms with Gasteiger partial charge in [-0.3, -0.25) is 9.59 Å². The first-order valence-electron chi connectivity index (χ1n) is 10.8. The lowest BCUT2D eigenvalue weighted by Crippen LogP contribution is -2.40. The monoisotopic (exact) mass is 403 g/mol. The molecule has 5 heteroatoms. The van der Waals surface area contributed by atoms with Crippen LogP contribution < -0.4 is 4.74 Å². The summed E-state index contributed by atoms with van der Waals surface area (Å²) in [7, 11) is 0. The molecule has 0 spiro atoms. The topological polar surface area (TPSA) is 66.8 Å². The molecule has 1 aliphatic carbocycles. The number of rotatable bonds is 3. The normalized spacial score (nSPS) is 23.5. The number of benzene rings is 2. The van der Waals surface area contributed by atoms with Gasteiger partial charge in [0.15, 0.2) is 0 Å². The van der Waals surface area contributed by atoms with E-state index in [4.69, 9.17) is 4.74 Å². The van der Waals surface area contributed by atoms with Gasteiger partial charge in [0.2, 0.25) is 0 Å². The first-order chi connectivity index (χ1) is 14.6. The fourth-order valence-corrected chi connectivity index (χ4v) is 5.04. The first-order valence-corrected chi connectivity index (χ1v) is 10.8. The summed E-state index contributed by atoms with van der Waals surface area (Å²) in [6.07, 6.45) is 5.84. The van der Waals surface area contributed by atoms with Crippen LogP contribution in [0.15, 0.2) is 54.1 Å². The van der Waals surface area contributed by atoms with Crippen LogP contribution in [0.2, 0.25) is 0 Å². The van der Waals surface area contributed by atoms with E-state index in [2.05, 4.69) is 0 Å². The summed E-state index contributed by atoms with van der Waals surface area (Å²) in [6, 6.07) is 14.5. The molecule has 1 saturated carbocycles. The molecule has 2 heterocycles. The number of likely N-dealkylation sites (tertiary alicyclic amines) is 1. The highest BCUT2D eigenvalue weighted by atomic mass is 16.5. The molecular formula is C25H25NO4. The Morgan fingerprint density at radius 3 is 2.53 bits per heavy atom. The molecule has 1 amide bonds. The third-order valence-corrected chi connectivity index (χ3v) is 6.53. The lowest BCUT2D eigenvalue weighted by atomic mass is 9.91. The summed E-state index contributed by atoms with van der Waals surface area (Å²) in [5, 5.41) is 11.2. The zero-order chi connectivity index (χ0) is 20.7. The molecule has 2 fully saturated rings. The minimum atomic E-state index is -0.594. The van der Waals surface area contributed by atoms with Crippen molar-refractivity contribution in [2.24, 2.45) is 0 Å². The molecule has 1 N–H and O–H groups in total. The van der Waals surface area contributed by atoms with Crippen molar-refractivity contribution in [2.45, 2.75) is 50.6 Å². The summed E-state index contributed by atoms with van der Waals surface area (Å²) in [5.74, 6) is -0.380.